The zero-order chi connectivity index (χ0) is 21.7. The fourth-order valence-electron chi connectivity index (χ4n) is 9.32. The predicted molar refractivity (Wildman–Crippen MR) is 129 cm³/mol. The first kappa shape index (κ1) is 23.6. The summed E-state index contributed by atoms with van der Waals surface area (Å²) in [5.74, 6) is 5.11. The molecule has 0 aromatic rings. The van der Waals surface area contributed by atoms with Crippen LogP contribution in [0.25, 0.3) is 0 Å². The molecule has 0 bridgehead atoms. The summed E-state index contributed by atoms with van der Waals surface area (Å²) in [6.07, 6.45) is 13.2. The topological polar surface area (TPSA) is 40.5 Å². The number of halogens is 1. The number of aliphatic hydroxyl groups is 2. The molecule has 2 nitrogen and oxygen atoms in total. The van der Waals surface area contributed by atoms with Crippen LogP contribution in [-0.4, -0.2) is 27.8 Å². The van der Waals surface area contributed by atoms with Gasteiger partial charge >= 0.3 is 0 Å². The normalized spacial score (nSPS) is 50.3. The van der Waals surface area contributed by atoms with Gasteiger partial charge in [0.1, 0.15) is 0 Å². The van der Waals surface area contributed by atoms with Crippen LogP contribution in [0.4, 0.5) is 0 Å². The minimum absolute atomic E-state index is 0.188. The SMILES string of the molecule is CC(CBr)CCC[C@@H](C)[C@H]1CC[C@H]2[C@@H]3C[C@@H](O)C4C[C@@H](O)CC[C@]4(C)[C@H]3CC[C@]12C. The summed E-state index contributed by atoms with van der Waals surface area (Å²) in [5, 5.41) is 22.6. The highest BCUT2D eigenvalue weighted by Gasteiger charge is 2.62. The maximum Gasteiger partial charge on any atom is 0.0577 e. The molecule has 0 aromatic carbocycles. The molecule has 30 heavy (non-hydrogen) atoms. The van der Waals surface area contributed by atoms with E-state index in [1.165, 1.54) is 44.9 Å². The molecule has 0 amide bonds. The van der Waals surface area contributed by atoms with Crippen LogP contribution in [0.2, 0.25) is 0 Å². The maximum absolute atomic E-state index is 11.2. The average molecular weight is 484 g/mol. The Morgan fingerprint density at radius 2 is 1.57 bits per heavy atom. The van der Waals surface area contributed by atoms with E-state index in [0.29, 0.717) is 17.3 Å². The van der Waals surface area contributed by atoms with Crippen LogP contribution < -0.4 is 0 Å². The Kier molecular flexibility index (Phi) is 7.05. The second kappa shape index (κ2) is 8.98. The molecule has 0 saturated heterocycles. The number of rotatable bonds is 6. The lowest BCUT2D eigenvalue weighted by atomic mass is 9.44. The van der Waals surface area contributed by atoms with Gasteiger partial charge in [0.15, 0.2) is 0 Å². The molecule has 4 rings (SSSR count). The first-order valence-corrected chi connectivity index (χ1v) is 14.2. The van der Waals surface area contributed by atoms with Crippen LogP contribution in [0.3, 0.4) is 0 Å². The van der Waals surface area contributed by atoms with E-state index in [1.807, 2.05) is 0 Å². The molecule has 4 saturated carbocycles. The van der Waals surface area contributed by atoms with Crippen molar-refractivity contribution in [1.82, 2.24) is 0 Å². The number of hydrogen-bond acceptors (Lipinski definition) is 2. The van der Waals surface area contributed by atoms with Crippen molar-refractivity contribution in [3.05, 3.63) is 0 Å². The van der Waals surface area contributed by atoms with Crippen molar-refractivity contribution in [3.8, 4) is 0 Å². The van der Waals surface area contributed by atoms with E-state index >= 15 is 0 Å². The van der Waals surface area contributed by atoms with Gasteiger partial charge in [-0.2, -0.15) is 0 Å². The van der Waals surface area contributed by atoms with Crippen molar-refractivity contribution in [2.45, 2.75) is 111 Å². The summed E-state index contributed by atoms with van der Waals surface area (Å²) in [7, 11) is 0. The lowest BCUT2D eigenvalue weighted by Crippen LogP contribution is -2.58. The minimum Gasteiger partial charge on any atom is -0.393 e. The van der Waals surface area contributed by atoms with Crippen LogP contribution in [0.15, 0.2) is 0 Å². The van der Waals surface area contributed by atoms with E-state index in [4.69, 9.17) is 0 Å². The quantitative estimate of drug-likeness (QED) is 0.407. The lowest BCUT2D eigenvalue weighted by Gasteiger charge is -2.62. The Bertz CT molecular complexity index is 595. The summed E-state index contributed by atoms with van der Waals surface area (Å²) >= 11 is 3.64. The number of fused-ring (bicyclic) bond motifs is 5. The van der Waals surface area contributed by atoms with E-state index in [9.17, 15) is 10.2 Å². The van der Waals surface area contributed by atoms with E-state index in [0.717, 1.165) is 60.6 Å². The van der Waals surface area contributed by atoms with Crippen LogP contribution >= 0.6 is 15.9 Å². The fraction of sp³-hybridized carbons (Fsp3) is 1.00. The highest BCUT2D eigenvalue weighted by atomic mass is 79.9. The first-order valence-electron chi connectivity index (χ1n) is 13.1. The zero-order valence-corrected chi connectivity index (χ0v) is 21.5. The van der Waals surface area contributed by atoms with Crippen molar-refractivity contribution < 1.29 is 10.2 Å². The van der Waals surface area contributed by atoms with Crippen molar-refractivity contribution in [2.24, 2.45) is 52.3 Å². The van der Waals surface area contributed by atoms with Gasteiger partial charge in [0.2, 0.25) is 0 Å². The van der Waals surface area contributed by atoms with Gasteiger partial charge in [-0.15, -0.1) is 0 Å². The highest BCUT2D eigenvalue weighted by molar-refractivity contribution is 9.09. The monoisotopic (exact) mass is 482 g/mol. The minimum atomic E-state index is -0.198. The number of alkyl halides is 1. The molecule has 4 fully saturated rings. The second-order valence-electron chi connectivity index (χ2n) is 12.6. The average Bonchev–Trinajstić information content (AvgIpc) is 3.06. The molecule has 11 atom stereocenters. The van der Waals surface area contributed by atoms with E-state index in [2.05, 4.69) is 43.6 Å². The standard InChI is InChI=1S/C27H47BrO2/c1-17(16-28)6-5-7-18(2)21-8-9-22-20-15-25(30)24-14-19(29)10-12-27(24,4)23(20)11-13-26(21,22)3/h17-25,29-30H,5-16H2,1-4H3/t17?,18-,19+,20+,21-,22+,23+,24?,25-,26-,27-/m1/s1. The molecule has 2 N–H and O–H groups in total. The summed E-state index contributed by atoms with van der Waals surface area (Å²) in [6.45, 7) is 10.0. The third kappa shape index (κ3) is 3.96. The fourth-order valence-corrected chi connectivity index (χ4v) is 9.64. The van der Waals surface area contributed by atoms with Crippen molar-refractivity contribution >= 4 is 15.9 Å². The highest BCUT2D eigenvalue weighted by Crippen LogP contribution is 2.68. The lowest BCUT2D eigenvalue weighted by molar-refractivity contribution is -0.172. The van der Waals surface area contributed by atoms with Crippen molar-refractivity contribution in [2.75, 3.05) is 5.33 Å². The molecule has 3 heteroatoms. The van der Waals surface area contributed by atoms with Gasteiger partial charge in [0.25, 0.3) is 0 Å². The summed E-state index contributed by atoms with van der Waals surface area (Å²) in [6, 6.07) is 0. The van der Waals surface area contributed by atoms with Crippen LogP contribution in [0, 0.1) is 52.3 Å². The third-order valence-corrected chi connectivity index (χ3v) is 12.1. The number of aliphatic hydroxyl groups excluding tert-OH is 2. The van der Waals surface area contributed by atoms with Crippen molar-refractivity contribution in [1.29, 1.82) is 0 Å². The Morgan fingerprint density at radius 1 is 0.867 bits per heavy atom. The Labute approximate surface area is 194 Å². The molecule has 0 aliphatic heterocycles. The molecule has 0 aromatic heterocycles. The van der Waals surface area contributed by atoms with Gasteiger partial charge in [0, 0.05) is 5.33 Å². The first-order chi connectivity index (χ1) is 14.2. The zero-order valence-electron chi connectivity index (χ0n) is 20.0. The Morgan fingerprint density at radius 3 is 2.30 bits per heavy atom. The molecule has 2 unspecified atom stereocenters. The van der Waals surface area contributed by atoms with Gasteiger partial charge in [-0.3, -0.25) is 0 Å². The molecule has 174 valence electrons. The molecule has 0 heterocycles. The molecule has 0 radical (unpaired) electrons. The van der Waals surface area contributed by atoms with E-state index in [-0.39, 0.29) is 17.6 Å². The van der Waals surface area contributed by atoms with Crippen LogP contribution in [0.1, 0.15) is 98.3 Å². The van der Waals surface area contributed by atoms with Crippen LogP contribution in [-0.2, 0) is 0 Å². The molecule has 4 aliphatic rings. The van der Waals surface area contributed by atoms with E-state index in [1.54, 1.807) is 0 Å². The predicted octanol–water partition coefficient (Wildman–Crippen LogP) is 6.81. The largest absolute Gasteiger partial charge is 0.393 e. The molecular formula is C27H47BrO2. The van der Waals surface area contributed by atoms with Gasteiger partial charge in [-0.05, 0) is 110 Å². The summed E-state index contributed by atoms with van der Waals surface area (Å²) in [4.78, 5) is 0. The summed E-state index contributed by atoms with van der Waals surface area (Å²) in [5.41, 5.74) is 0.733. The van der Waals surface area contributed by atoms with Gasteiger partial charge in [-0.1, -0.05) is 56.5 Å². The van der Waals surface area contributed by atoms with Gasteiger partial charge < -0.3 is 10.2 Å². The molecule has 0 spiro atoms. The Balaban J connectivity index is 1.47. The summed E-state index contributed by atoms with van der Waals surface area (Å²) < 4.78 is 0. The van der Waals surface area contributed by atoms with Gasteiger partial charge in [-0.25, -0.2) is 0 Å². The smallest absolute Gasteiger partial charge is 0.0577 e. The van der Waals surface area contributed by atoms with Gasteiger partial charge in [0.05, 0.1) is 12.2 Å². The number of hydrogen-bond donors (Lipinski definition) is 2. The third-order valence-electron chi connectivity index (χ3n) is 11.0. The maximum atomic E-state index is 11.2. The molecular weight excluding hydrogens is 436 g/mol. The van der Waals surface area contributed by atoms with E-state index < -0.39 is 0 Å². The van der Waals surface area contributed by atoms with Crippen LogP contribution in [0.5, 0.6) is 0 Å². The Hall–Kier alpha value is 0.400. The second-order valence-corrected chi connectivity index (χ2v) is 13.3. The van der Waals surface area contributed by atoms with Crippen molar-refractivity contribution in [3.63, 3.8) is 0 Å². The molecule has 4 aliphatic carbocycles.